The molecule has 2 aromatic carbocycles. The third kappa shape index (κ3) is 4.38. The Kier molecular flexibility index (Phi) is 5.91. The number of amides is 1. The Morgan fingerprint density at radius 3 is 2.55 bits per heavy atom. The predicted molar refractivity (Wildman–Crippen MR) is 121 cm³/mol. The van der Waals surface area contributed by atoms with Crippen LogP contribution in [-0.2, 0) is 22.1 Å². The first-order valence-electron chi connectivity index (χ1n) is 11.1. The summed E-state index contributed by atoms with van der Waals surface area (Å²) in [4.78, 5) is 19.7. The SMILES string of the molecule is O=C([C@H]1Cc2cc(C(F)(F)F)ccc2N2CCN(c3cccc(Cl)c3)C[C@H]12)N1CCOCC1. The number of nitrogens with zero attached hydrogens (tertiary/aromatic N) is 3. The number of benzene rings is 2. The highest BCUT2D eigenvalue weighted by Gasteiger charge is 2.44. The summed E-state index contributed by atoms with van der Waals surface area (Å²) in [6.45, 7) is 3.89. The monoisotopic (exact) mass is 479 g/mol. The average molecular weight is 480 g/mol. The third-order valence-electron chi connectivity index (χ3n) is 6.85. The quantitative estimate of drug-likeness (QED) is 0.650. The van der Waals surface area contributed by atoms with Crippen LogP contribution in [0.15, 0.2) is 42.5 Å². The molecule has 0 aliphatic carbocycles. The summed E-state index contributed by atoms with van der Waals surface area (Å²) in [5.74, 6) is -0.439. The standard InChI is InChI=1S/C24H25ClF3N3O2/c25-18-2-1-3-19(14-18)30-6-7-31-21-5-4-17(24(26,27)28)12-16(21)13-20(22(31)15-30)23(32)29-8-10-33-11-9-29/h1-5,12,14,20,22H,6-11,13,15H2/t20-,22+/m0/s1. The van der Waals surface area contributed by atoms with Gasteiger partial charge in [-0.15, -0.1) is 0 Å². The Hall–Kier alpha value is -2.45. The number of carbonyl (C=O) groups excluding carboxylic acids is 1. The van der Waals surface area contributed by atoms with Crippen LogP contribution in [0.2, 0.25) is 5.02 Å². The van der Waals surface area contributed by atoms with Gasteiger partial charge in [-0.2, -0.15) is 13.2 Å². The lowest BCUT2D eigenvalue weighted by molar-refractivity contribution is -0.140. The molecule has 0 unspecified atom stereocenters. The molecule has 2 aromatic rings. The number of hydrogen-bond acceptors (Lipinski definition) is 4. The number of ether oxygens (including phenoxy) is 1. The minimum atomic E-state index is -4.42. The van der Waals surface area contributed by atoms with Gasteiger partial charge in [0.1, 0.15) is 0 Å². The molecule has 2 saturated heterocycles. The summed E-state index contributed by atoms with van der Waals surface area (Å²) in [6.07, 6.45) is -4.12. The molecular weight excluding hydrogens is 455 g/mol. The van der Waals surface area contributed by atoms with Crippen LogP contribution in [0.25, 0.3) is 0 Å². The second-order valence-corrected chi connectivity index (χ2v) is 9.21. The maximum atomic E-state index is 13.6. The molecule has 3 aliphatic rings. The fourth-order valence-corrected chi connectivity index (χ4v) is 5.39. The van der Waals surface area contributed by atoms with E-state index in [4.69, 9.17) is 16.3 Å². The van der Waals surface area contributed by atoms with Crippen molar-refractivity contribution in [1.82, 2.24) is 4.90 Å². The van der Waals surface area contributed by atoms with E-state index < -0.39 is 17.7 Å². The largest absolute Gasteiger partial charge is 0.416 e. The number of halogens is 4. The van der Waals surface area contributed by atoms with Gasteiger partial charge in [0.15, 0.2) is 0 Å². The molecule has 0 radical (unpaired) electrons. The van der Waals surface area contributed by atoms with Gasteiger partial charge in [0.2, 0.25) is 5.91 Å². The molecule has 2 atom stereocenters. The third-order valence-corrected chi connectivity index (χ3v) is 7.09. The number of anilines is 2. The van der Waals surface area contributed by atoms with E-state index in [-0.39, 0.29) is 11.9 Å². The molecule has 1 amide bonds. The molecule has 0 spiro atoms. The van der Waals surface area contributed by atoms with Gasteiger partial charge < -0.3 is 19.4 Å². The van der Waals surface area contributed by atoms with Crippen LogP contribution >= 0.6 is 11.6 Å². The molecule has 3 heterocycles. The van der Waals surface area contributed by atoms with Crippen LogP contribution in [0.3, 0.4) is 0 Å². The smallest absolute Gasteiger partial charge is 0.378 e. The number of morpholine rings is 1. The van der Waals surface area contributed by atoms with Gasteiger partial charge in [-0.1, -0.05) is 17.7 Å². The molecule has 5 rings (SSSR count). The van der Waals surface area contributed by atoms with Gasteiger partial charge in [0, 0.05) is 49.1 Å². The van der Waals surface area contributed by atoms with Crippen LogP contribution in [0.4, 0.5) is 24.5 Å². The van der Waals surface area contributed by atoms with Crippen molar-refractivity contribution in [2.45, 2.75) is 18.6 Å². The summed E-state index contributed by atoms with van der Waals surface area (Å²) < 4.78 is 45.6. The highest BCUT2D eigenvalue weighted by Crippen LogP contribution is 2.41. The zero-order chi connectivity index (χ0) is 23.2. The Bertz CT molecular complexity index is 1040. The molecule has 0 N–H and O–H groups in total. The zero-order valence-corrected chi connectivity index (χ0v) is 18.8. The lowest BCUT2D eigenvalue weighted by Crippen LogP contribution is -2.62. The molecule has 5 nitrogen and oxygen atoms in total. The second kappa shape index (κ2) is 8.72. The second-order valence-electron chi connectivity index (χ2n) is 8.78. The highest BCUT2D eigenvalue weighted by atomic mass is 35.5. The zero-order valence-electron chi connectivity index (χ0n) is 18.0. The molecule has 9 heteroatoms. The minimum absolute atomic E-state index is 0.00990. The highest BCUT2D eigenvalue weighted by molar-refractivity contribution is 6.30. The van der Waals surface area contributed by atoms with Gasteiger partial charge >= 0.3 is 6.18 Å². The number of carbonyl (C=O) groups is 1. The molecular formula is C24H25ClF3N3O2. The molecule has 33 heavy (non-hydrogen) atoms. The Morgan fingerprint density at radius 1 is 1.03 bits per heavy atom. The van der Waals surface area contributed by atoms with E-state index in [1.807, 2.05) is 24.3 Å². The van der Waals surface area contributed by atoms with Crippen LogP contribution in [0.5, 0.6) is 0 Å². The van der Waals surface area contributed by atoms with Crippen molar-refractivity contribution in [3.05, 3.63) is 58.6 Å². The van der Waals surface area contributed by atoms with E-state index in [2.05, 4.69) is 9.80 Å². The Labute approximate surface area is 195 Å². The maximum Gasteiger partial charge on any atom is 0.416 e. The minimum Gasteiger partial charge on any atom is -0.378 e. The van der Waals surface area contributed by atoms with Gasteiger partial charge in [-0.3, -0.25) is 4.79 Å². The number of piperazine rings is 1. The summed E-state index contributed by atoms with van der Waals surface area (Å²) in [5.41, 5.74) is 1.70. The first-order chi connectivity index (χ1) is 15.8. The lowest BCUT2D eigenvalue weighted by atomic mass is 9.82. The summed E-state index contributed by atoms with van der Waals surface area (Å²) in [7, 11) is 0. The molecule has 0 saturated carbocycles. The molecule has 3 aliphatic heterocycles. The molecule has 2 fully saturated rings. The Balaban J connectivity index is 1.49. The van der Waals surface area contributed by atoms with E-state index in [9.17, 15) is 18.0 Å². The van der Waals surface area contributed by atoms with Crippen LogP contribution in [-0.4, -0.2) is 62.8 Å². The number of fused-ring (bicyclic) bond motifs is 3. The van der Waals surface area contributed by atoms with Crippen molar-refractivity contribution in [1.29, 1.82) is 0 Å². The first-order valence-corrected chi connectivity index (χ1v) is 11.5. The van der Waals surface area contributed by atoms with E-state index in [0.717, 1.165) is 17.4 Å². The summed E-state index contributed by atoms with van der Waals surface area (Å²) in [5, 5.41) is 0.643. The van der Waals surface area contributed by atoms with Crippen molar-refractivity contribution in [2.24, 2.45) is 5.92 Å². The van der Waals surface area contributed by atoms with Gasteiger partial charge in [-0.25, -0.2) is 0 Å². The van der Waals surface area contributed by atoms with Crippen LogP contribution < -0.4 is 9.80 Å². The first kappa shape index (κ1) is 22.3. The van der Waals surface area contributed by atoms with Gasteiger partial charge in [0.25, 0.3) is 0 Å². The van der Waals surface area contributed by atoms with E-state index in [1.165, 1.54) is 6.07 Å². The van der Waals surface area contributed by atoms with Crippen LogP contribution in [0, 0.1) is 5.92 Å². The topological polar surface area (TPSA) is 36.0 Å². The van der Waals surface area contributed by atoms with E-state index in [0.29, 0.717) is 62.9 Å². The summed E-state index contributed by atoms with van der Waals surface area (Å²) in [6, 6.07) is 11.4. The maximum absolute atomic E-state index is 13.6. The lowest BCUT2D eigenvalue weighted by Gasteiger charge is -2.50. The van der Waals surface area contributed by atoms with Crippen LogP contribution in [0.1, 0.15) is 11.1 Å². The van der Waals surface area contributed by atoms with Gasteiger partial charge in [0.05, 0.1) is 30.7 Å². The normalized spacial score (nSPS) is 23.2. The Morgan fingerprint density at radius 2 is 1.82 bits per heavy atom. The van der Waals surface area contributed by atoms with E-state index in [1.54, 1.807) is 11.0 Å². The summed E-state index contributed by atoms with van der Waals surface area (Å²) >= 11 is 6.20. The molecule has 0 bridgehead atoms. The van der Waals surface area contributed by atoms with Gasteiger partial charge in [-0.05, 0) is 48.4 Å². The fraction of sp³-hybridized carbons (Fsp3) is 0.458. The van der Waals surface area contributed by atoms with Crippen molar-refractivity contribution >= 4 is 28.9 Å². The van der Waals surface area contributed by atoms with Crippen molar-refractivity contribution in [3.63, 3.8) is 0 Å². The molecule has 176 valence electrons. The van der Waals surface area contributed by atoms with Crippen molar-refractivity contribution in [2.75, 3.05) is 55.7 Å². The van der Waals surface area contributed by atoms with Crippen molar-refractivity contribution < 1.29 is 22.7 Å². The molecule has 0 aromatic heterocycles. The number of alkyl halides is 3. The van der Waals surface area contributed by atoms with Crippen molar-refractivity contribution in [3.8, 4) is 0 Å². The fourth-order valence-electron chi connectivity index (χ4n) is 5.21. The van der Waals surface area contributed by atoms with E-state index >= 15 is 0 Å². The average Bonchev–Trinajstić information content (AvgIpc) is 2.82. The predicted octanol–water partition coefficient (Wildman–Crippen LogP) is 4.09. The number of rotatable bonds is 2. The number of hydrogen-bond donors (Lipinski definition) is 0.